The minimum atomic E-state index is -4.14. The molecule has 1 aromatic rings. The maximum absolute atomic E-state index is 10.8. The summed E-state index contributed by atoms with van der Waals surface area (Å²) >= 11 is 0. The Morgan fingerprint density at radius 1 is 1.06 bits per heavy atom. The third-order valence-corrected chi connectivity index (χ3v) is 3.62. The van der Waals surface area contributed by atoms with Crippen LogP contribution in [0.3, 0.4) is 0 Å². The smallest absolute Gasteiger partial charge is 0.282 e. The van der Waals surface area contributed by atoms with Gasteiger partial charge >= 0.3 is 0 Å². The molecule has 6 nitrogen and oxygen atoms in total. The number of hydrogen-bond donors (Lipinski definition) is 1. The summed E-state index contributed by atoms with van der Waals surface area (Å²) < 4.78 is 30.5. The van der Waals surface area contributed by atoms with Crippen LogP contribution in [0.15, 0.2) is 39.5 Å². The molecule has 18 heavy (non-hydrogen) atoms. The molecular formula is C11H15N3O3S. The molecule has 98 valence electrons. The average molecular weight is 269 g/mol. The van der Waals surface area contributed by atoms with Gasteiger partial charge in [0.2, 0.25) is 0 Å². The Morgan fingerprint density at radius 2 is 1.67 bits per heavy atom. The van der Waals surface area contributed by atoms with Crippen LogP contribution in [0.25, 0.3) is 0 Å². The minimum Gasteiger partial charge on any atom is -0.282 e. The third kappa shape index (κ3) is 3.51. The standard InChI is InChI=1S/C11H15N3O3S/c15-18(16,17)11-6-4-10(5-7-11)12-13-14-8-2-1-3-9-14/h4-7H,1-3,8-9H2,(H,15,16,17). The molecule has 1 heterocycles. The minimum absolute atomic E-state index is 0.139. The van der Waals surface area contributed by atoms with E-state index in [1.807, 2.05) is 5.01 Å². The lowest BCUT2D eigenvalue weighted by atomic mass is 10.2. The fourth-order valence-corrected chi connectivity index (χ4v) is 2.25. The van der Waals surface area contributed by atoms with Crippen LogP contribution >= 0.6 is 0 Å². The van der Waals surface area contributed by atoms with Gasteiger partial charge in [0.25, 0.3) is 10.1 Å². The van der Waals surface area contributed by atoms with Crippen molar-refractivity contribution >= 4 is 15.8 Å². The Bertz CT molecular complexity index is 519. The molecule has 0 radical (unpaired) electrons. The Hall–Kier alpha value is -1.47. The molecule has 0 spiro atoms. The predicted octanol–water partition coefficient (Wildman–Crippen LogP) is 2.42. The van der Waals surface area contributed by atoms with E-state index in [4.69, 9.17) is 4.55 Å². The molecule has 1 aromatic carbocycles. The molecule has 0 amide bonds. The zero-order valence-corrected chi connectivity index (χ0v) is 10.7. The summed E-state index contributed by atoms with van der Waals surface area (Å²) in [5.41, 5.74) is 0.563. The van der Waals surface area contributed by atoms with Crippen molar-refractivity contribution in [2.24, 2.45) is 10.3 Å². The predicted molar refractivity (Wildman–Crippen MR) is 66.2 cm³/mol. The average Bonchev–Trinajstić information content (AvgIpc) is 2.37. The molecule has 0 aliphatic carbocycles. The zero-order chi connectivity index (χ0) is 13.0. The number of hydrogen-bond acceptors (Lipinski definition) is 4. The summed E-state index contributed by atoms with van der Waals surface area (Å²) in [4.78, 5) is -0.139. The van der Waals surface area contributed by atoms with Crippen molar-refractivity contribution in [3.05, 3.63) is 24.3 Å². The maximum Gasteiger partial charge on any atom is 0.294 e. The first-order valence-electron chi connectivity index (χ1n) is 5.80. The van der Waals surface area contributed by atoms with Crippen molar-refractivity contribution in [2.45, 2.75) is 24.2 Å². The molecule has 1 N–H and O–H groups in total. The lowest BCUT2D eigenvalue weighted by Crippen LogP contribution is -2.23. The summed E-state index contributed by atoms with van der Waals surface area (Å²) in [6.07, 6.45) is 3.48. The quantitative estimate of drug-likeness (QED) is 0.674. The topological polar surface area (TPSA) is 82.3 Å². The Labute approximate surface area is 106 Å². The van der Waals surface area contributed by atoms with Gasteiger partial charge in [-0.3, -0.25) is 9.56 Å². The Balaban J connectivity index is 2.03. The molecule has 2 rings (SSSR count). The van der Waals surface area contributed by atoms with E-state index in [-0.39, 0.29) is 4.90 Å². The molecule has 0 atom stereocenters. The molecule has 1 aliphatic heterocycles. The van der Waals surface area contributed by atoms with Gasteiger partial charge in [-0.1, -0.05) is 5.22 Å². The van der Waals surface area contributed by atoms with Gasteiger partial charge in [0.05, 0.1) is 10.6 Å². The third-order valence-electron chi connectivity index (χ3n) is 2.75. The van der Waals surface area contributed by atoms with Gasteiger partial charge in [0.1, 0.15) is 0 Å². The maximum atomic E-state index is 10.8. The van der Waals surface area contributed by atoms with Crippen LogP contribution in [0.4, 0.5) is 5.69 Å². The molecular weight excluding hydrogens is 254 g/mol. The van der Waals surface area contributed by atoms with E-state index in [9.17, 15) is 8.42 Å². The molecule has 0 aromatic heterocycles. The molecule has 1 aliphatic rings. The van der Waals surface area contributed by atoms with Gasteiger partial charge in [0.15, 0.2) is 0 Å². The van der Waals surface area contributed by atoms with Crippen LogP contribution in [-0.4, -0.2) is 31.1 Å². The van der Waals surface area contributed by atoms with Crippen molar-refractivity contribution in [1.29, 1.82) is 0 Å². The van der Waals surface area contributed by atoms with E-state index in [1.165, 1.54) is 30.7 Å². The number of nitrogens with zero attached hydrogens (tertiary/aromatic N) is 3. The molecule has 0 saturated carbocycles. The Morgan fingerprint density at radius 3 is 2.22 bits per heavy atom. The summed E-state index contributed by atoms with van der Waals surface area (Å²) in [7, 11) is -4.14. The van der Waals surface area contributed by atoms with Crippen molar-refractivity contribution in [3.63, 3.8) is 0 Å². The SMILES string of the molecule is O=S(=O)(O)c1ccc(N=NN2CCCCC2)cc1. The Kier molecular flexibility index (Phi) is 3.93. The van der Waals surface area contributed by atoms with Gasteiger partial charge < -0.3 is 0 Å². The summed E-state index contributed by atoms with van der Waals surface area (Å²) in [6, 6.07) is 5.63. The second kappa shape index (κ2) is 5.45. The monoisotopic (exact) mass is 269 g/mol. The first-order chi connectivity index (χ1) is 8.55. The van der Waals surface area contributed by atoms with Crippen molar-refractivity contribution in [3.8, 4) is 0 Å². The van der Waals surface area contributed by atoms with Crippen molar-refractivity contribution < 1.29 is 13.0 Å². The van der Waals surface area contributed by atoms with Crippen molar-refractivity contribution in [1.82, 2.24) is 5.01 Å². The second-order valence-corrected chi connectivity index (χ2v) is 5.59. The van der Waals surface area contributed by atoms with Gasteiger partial charge in [-0.25, -0.2) is 0 Å². The zero-order valence-electron chi connectivity index (χ0n) is 9.86. The first-order valence-corrected chi connectivity index (χ1v) is 7.24. The highest BCUT2D eigenvalue weighted by Gasteiger charge is 2.09. The molecule has 0 bridgehead atoms. The number of rotatable bonds is 3. The lowest BCUT2D eigenvalue weighted by molar-refractivity contribution is 0.224. The van der Waals surface area contributed by atoms with E-state index in [0.717, 1.165) is 25.9 Å². The number of piperidine rings is 1. The van der Waals surface area contributed by atoms with Crippen LogP contribution in [0.1, 0.15) is 19.3 Å². The van der Waals surface area contributed by atoms with Gasteiger partial charge in [-0.15, -0.1) is 5.11 Å². The van der Waals surface area contributed by atoms with Crippen LogP contribution in [0.2, 0.25) is 0 Å². The second-order valence-electron chi connectivity index (χ2n) is 4.17. The van der Waals surface area contributed by atoms with Gasteiger partial charge in [-0.05, 0) is 43.5 Å². The normalized spacial score (nSPS) is 17.3. The summed E-state index contributed by atoms with van der Waals surface area (Å²) in [5, 5.41) is 10.0. The largest absolute Gasteiger partial charge is 0.294 e. The summed E-state index contributed by atoms with van der Waals surface area (Å²) in [6.45, 7) is 1.82. The van der Waals surface area contributed by atoms with Crippen molar-refractivity contribution in [2.75, 3.05) is 13.1 Å². The lowest BCUT2D eigenvalue weighted by Gasteiger charge is -2.21. The highest BCUT2D eigenvalue weighted by molar-refractivity contribution is 7.85. The fraction of sp³-hybridized carbons (Fsp3) is 0.455. The molecule has 7 heteroatoms. The first kappa shape index (κ1) is 13.0. The number of benzene rings is 1. The molecule has 0 unspecified atom stereocenters. The van der Waals surface area contributed by atoms with E-state index >= 15 is 0 Å². The summed E-state index contributed by atoms with van der Waals surface area (Å²) in [5.74, 6) is 0. The van der Waals surface area contributed by atoms with Crippen LogP contribution < -0.4 is 0 Å². The highest BCUT2D eigenvalue weighted by atomic mass is 32.2. The van der Waals surface area contributed by atoms with Crippen LogP contribution in [0.5, 0.6) is 0 Å². The van der Waals surface area contributed by atoms with Gasteiger partial charge in [-0.2, -0.15) is 8.42 Å². The van der Waals surface area contributed by atoms with Gasteiger partial charge in [0, 0.05) is 13.1 Å². The fourth-order valence-electron chi connectivity index (χ4n) is 1.77. The van der Waals surface area contributed by atoms with Crippen LogP contribution in [0, 0.1) is 0 Å². The molecule has 1 fully saturated rings. The van der Waals surface area contributed by atoms with Crippen LogP contribution in [-0.2, 0) is 10.1 Å². The van der Waals surface area contributed by atoms with E-state index < -0.39 is 10.1 Å². The van der Waals surface area contributed by atoms with E-state index in [1.54, 1.807) is 0 Å². The van der Waals surface area contributed by atoms with E-state index in [0.29, 0.717) is 5.69 Å². The van der Waals surface area contributed by atoms with E-state index in [2.05, 4.69) is 10.3 Å². The highest BCUT2D eigenvalue weighted by Crippen LogP contribution is 2.18. The molecule has 1 saturated heterocycles.